The van der Waals surface area contributed by atoms with Crippen molar-refractivity contribution in [1.29, 1.82) is 0 Å². The van der Waals surface area contributed by atoms with Gasteiger partial charge in [-0.15, -0.1) is 0 Å². The SMILES string of the molecule is COC(=O)c1cc(C(Oc2ccc(Cl)cc2Cl)C(=O)O)ccc1[N+](=O)[O-]. The van der Waals surface area contributed by atoms with Crippen LogP contribution >= 0.6 is 23.2 Å². The van der Waals surface area contributed by atoms with E-state index >= 15 is 0 Å². The first kappa shape index (κ1) is 19.5. The Labute approximate surface area is 157 Å². The van der Waals surface area contributed by atoms with Gasteiger partial charge in [0, 0.05) is 16.7 Å². The normalized spacial score (nSPS) is 11.5. The number of halogens is 2. The third-order valence-corrected chi connectivity index (χ3v) is 3.82. The van der Waals surface area contributed by atoms with E-state index in [1.807, 2.05) is 0 Å². The van der Waals surface area contributed by atoms with Crippen molar-refractivity contribution in [3.8, 4) is 5.75 Å². The Bertz CT molecular complexity index is 885. The molecule has 136 valence electrons. The molecular weight excluding hydrogens is 389 g/mol. The highest BCUT2D eigenvalue weighted by Crippen LogP contribution is 2.33. The standard InChI is InChI=1S/C16H11Cl2NO7/c1-25-16(22)10-6-8(2-4-12(10)19(23)24)14(15(20)21)26-13-5-3-9(17)7-11(13)18/h2-7,14H,1H3,(H,20,21). The number of aliphatic carboxylic acids is 1. The van der Waals surface area contributed by atoms with Crippen molar-refractivity contribution in [1.82, 2.24) is 0 Å². The Morgan fingerprint density at radius 3 is 2.42 bits per heavy atom. The van der Waals surface area contributed by atoms with Crippen LogP contribution in [0.2, 0.25) is 10.0 Å². The van der Waals surface area contributed by atoms with Crippen LogP contribution in [-0.4, -0.2) is 29.1 Å². The minimum absolute atomic E-state index is 0.00508. The van der Waals surface area contributed by atoms with Crippen molar-refractivity contribution in [3.05, 3.63) is 67.7 Å². The minimum Gasteiger partial charge on any atom is -0.478 e. The van der Waals surface area contributed by atoms with E-state index in [-0.39, 0.29) is 16.3 Å². The molecule has 0 fully saturated rings. The number of nitro benzene ring substituents is 1. The molecule has 0 bridgehead atoms. The predicted octanol–water partition coefficient (Wildman–Crippen LogP) is 3.89. The molecule has 0 heterocycles. The monoisotopic (exact) mass is 399 g/mol. The van der Waals surface area contributed by atoms with Gasteiger partial charge in [0.2, 0.25) is 6.10 Å². The van der Waals surface area contributed by atoms with Crippen molar-refractivity contribution in [3.63, 3.8) is 0 Å². The predicted molar refractivity (Wildman–Crippen MR) is 91.9 cm³/mol. The summed E-state index contributed by atoms with van der Waals surface area (Å²) in [5.74, 6) is -2.32. The summed E-state index contributed by atoms with van der Waals surface area (Å²) >= 11 is 11.8. The maximum Gasteiger partial charge on any atom is 0.349 e. The first-order chi connectivity index (χ1) is 12.2. The molecule has 0 radical (unpaired) electrons. The zero-order valence-corrected chi connectivity index (χ0v) is 14.7. The van der Waals surface area contributed by atoms with Gasteiger partial charge in [0.05, 0.1) is 17.1 Å². The van der Waals surface area contributed by atoms with Gasteiger partial charge < -0.3 is 14.6 Å². The van der Waals surface area contributed by atoms with Gasteiger partial charge in [-0.05, 0) is 30.3 Å². The van der Waals surface area contributed by atoms with Crippen LogP contribution in [0.15, 0.2) is 36.4 Å². The number of nitrogens with zero attached hydrogens (tertiary/aromatic N) is 1. The molecule has 10 heteroatoms. The van der Waals surface area contributed by atoms with Gasteiger partial charge in [0.15, 0.2) is 0 Å². The number of carbonyl (C=O) groups excluding carboxylic acids is 1. The third-order valence-electron chi connectivity index (χ3n) is 3.29. The number of benzene rings is 2. The second kappa shape index (κ2) is 8.03. The Kier molecular flexibility index (Phi) is 6.01. The molecule has 1 N–H and O–H groups in total. The molecule has 0 spiro atoms. The molecular formula is C16H11Cl2NO7. The lowest BCUT2D eigenvalue weighted by Crippen LogP contribution is -2.19. The van der Waals surface area contributed by atoms with Crippen LogP contribution in [0.4, 0.5) is 5.69 Å². The maximum absolute atomic E-state index is 11.8. The number of hydrogen-bond acceptors (Lipinski definition) is 6. The summed E-state index contributed by atoms with van der Waals surface area (Å²) < 4.78 is 9.91. The molecule has 0 aliphatic rings. The van der Waals surface area contributed by atoms with E-state index in [2.05, 4.69) is 4.74 Å². The van der Waals surface area contributed by atoms with Gasteiger partial charge in [-0.25, -0.2) is 9.59 Å². The highest BCUT2D eigenvalue weighted by Gasteiger charge is 2.28. The second-order valence-corrected chi connectivity index (χ2v) is 5.78. The molecule has 2 aromatic carbocycles. The van der Waals surface area contributed by atoms with Gasteiger partial charge in [-0.1, -0.05) is 23.2 Å². The molecule has 1 atom stereocenters. The fourth-order valence-corrected chi connectivity index (χ4v) is 2.56. The first-order valence-electron chi connectivity index (χ1n) is 6.95. The average molecular weight is 400 g/mol. The van der Waals surface area contributed by atoms with Gasteiger partial charge in [0.25, 0.3) is 5.69 Å². The average Bonchev–Trinajstić information content (AvgIpc) is 2.59. The van der Waals surface area contributed by atoms with Gasteiger partial charge >= 0.3 is 11.9 Å². The van der Waals surface area contributed by atoms with Gasteiger partial charge in [-0.3, -0.25) is 10.1 Å². The lowest BCUT2D eigenvalue weighted by molar-refractivity contribution is -0.385. The van der Waals surface area contributed by atoms with Crippen LogP contribution < -0.4 is 4.74 Å². The molecule has 2 aromatic rings. The molecule has 0 amide bonds. The largest absolute Gasteiger partial charge is 0.478 e. The van der Waals surface area contributed by atoms with E-state index in [1.165, 1.54) is 24.3 Å². The molecule has 0 aromatic heterocycles. The van der Waals surface area contributed by atoms with Crippen molar-refractivity contribution in [2.75, 3.05) is 7.11 Å². The number of esters is 1. The zero-order chi connectivity index (χ0) is 19.4. The number of hydrogen-bond donors (Lipinski definition) is 1. The van der Waals surface area contributed by atoms with E-state index in [0.29, 0.717) is 5.02 Å². The van der Waals surface area contributed by atoms with Crippen molar-refractivity contribution in [2.45, 2.75) is 6.10 Å². The van der Waals surface area contributed by atoms with Gasteiger partial charge in [0.1, 0.15) is 11.3 Å². The van der Waals surface area contributed by atoms with E-state index in [9.17, 15) is 24.8 Å². The molecule has 2 rings (SSSR count). The summed E-state index contributed by atoms with van der Waals surface area (Å²) in [6, 6.07) is 7.42. The second-order valence-electron chi connectivity index (χ2n) is 4.94. The first-order valence-corrected chi connectivity index (χ1v) is 7.71. The van der Waals surface area contributed by atoms with E-state index in [0.717, 1.165) is 19.2 Å². The van der Waals surface area contributed by atoms with Crippen molar-refractivity contribution < 1.29 is 29.1 Å². The number of carboxylic acid groups (broad SMARTS) is 1. The molecule has 1 unspecified atom stereocenters. The quantitative estimate of drug-likeness (QED) is 0.444. The van der Waals surface area contributed by atoms with Crippen LogP contribution in [0.1, 0.15) is 22.0 Å². The van der Waals surface area contributed by atoms with Crippen LogP contribution in [0.3, 0.4) is 0 Å². The molecule has 26 heavy (non-hydrogen) atoms. The fraction of sp³-hybridized carbons (Fsp3) is 0.125. The Morgan fingerprint density at radius 1 is 1.19 bits per heavy atom. The number of ether oxygens (including phenoxy) is 2. The summed E-state index contributed by atoms with van der Waals surface area (Å²) in [4.78, 5) is 33.7. The Morgan fingerprint density at radius 2 is 1.88 bits per heavy atom. The Hall–Kier alpha value is -2.84. The summed E-state index contributed by atoms with van der Waals surface area (Å²) in [6.45, 7) is 0. The van der Waals surface area contributed by atoms with E-state index in [1.54, 1.807) is 0 Å². The maximum atomic E-state index is 11.8. The van der Waals surface area contributed by atoms with Crippen LogP contribution in [-0.2, 0) is 9.53 Å². The number of carboxylic acids is 1. The summed E-state index contributed by atoms with van der Waals surface area (Å²) in [6.07, 6.45) is -1.57. The third kappa shape index (κ3) is 4.22. The summed E-state index contributed by atoms with van der Waals surface area (Å²) in [5.41, 5.74) is -0.921. The molecule has 0 aliphatic heterocycles. The molecule has 8 nitrogen and oxygen atoms in total. The molecule has 0 aliphatic carbocycles. The number of carbonyl (C=O) groups is 2. The molecule has 0 saturated heterocycles. The smallest absolute Gasteiger partial charge is 0.349 e. The van der Waals surface area contributed by atoms with Crippen LogP contribution in [0, 0.1) is 10.1 Å². The minimum atomic E-state index is -1.57. The van der Waals surface area contributed by atoms with E-state index < -0.39 is 34.2 Å². The summed E-state index contributed by atoms with van der Waals surface area (Å²) in [7, 11) is 1.05. The lowest BCUT2D eigenvalue weighted by Gasteiger charge is -2.17. The zero-order valence-electron chi connectivity index (χ0n) is 13.1. The number of nitro groups is 1. The lowest BCUT2D eigenvalue weighted by atomic mass is 10.0. The molecule has 0 saturated carbocycles. The highest BCUT2D eigenvalue weighted by molar-refractivity contribution is 6.35. The number of rotatable bonds is 6. The van der Waals surface area contributed by atoms with E-state index in [4.69, 9.17) is 27.9 Å². The number of methoxy groups -OCH3 is 1. The topological polar surface area (TPSA) is 116 Å². The van der Waals surface area contributed by atoms with Crippen LogP contribution in [0.5, 0.6) is 5.75 Å². The highest BCUT2D eigenvalue weighted by atomic mass is 35.5. The van der Waals surface area contributed by atoms with Crippen molar-refractivity contribution in [2.24, 2.45) is 0 Å². The summed E-state index contributed by atoms with van der Waals surface area (Å²) in [5, 5.41) is 20.9. The fourth-order valence-electron chi connectivity index (χ4n) is 2.11. The van der Waals surface area contributed by atoms with Gasteiger partial charge in [-0.2, -0.15) is 0 Å². The van der Waals surface area contributed by atoms with Crippen molar-refractivity contribution >= 4 is 40.8 Å². The van der Waals surface area contributed by atoms with Crippen LogP contribution in [0.25, 0.3) is 0 Å². The Balaban J connectivity index is 2.48.